The van der Waals surface area contributed by atoms with E-state index in [9.17, 15) is 4.39 Å². The van der Waals surface area contributed by atoms with E-state index in [1.54, 1.807) is 6.08 Å². The summed E-state index contributed by atoms with van der Waals surface area (Å²) in [5.41, 5.74) is 0. The molecular weight excluding hydrogens is 187 g/mol. The van der Waals surface area contributed by atoms with Crippen molar-refractivity contribution in [3.63, 3.8) is 0 Å². The Balaban J connectivity index is 2.86. The van der Waals surface area contributed by atoms with Crippen molar-refractivity contribution in [2.24, 2.45) is 0 Å². The SMILES string of the molecule is CCCCCCCCCCCC/C=C\F. The zero-order chi connectivity index (χ0) is 11.2. The Bertz CT molecular complexity index is 129. The van der Waals surface area contributed by atoms with E-state index in [-0.39, 0.29) is 0 Å². The molecule has 15 heavy (non-hydrogen) atoms. The summed E-state index contributed by atoms with van der Waals surface area (Å²) >= 11 is 0. The van der Waals surface area contributed by atoms with Crippen molar-refractivity contribution in [3.05, 3.63) is 12.4 Å². The predicted molar refractivity (Wildman–Crippen MR) is 66.7 cm³/mol. The van der Waals surface area contributed by atoms with Crippen LogP contribution < -0.4 is 0 Å². The van der Waals surface area contributed by atoms with Crippen LogP contribution in [-0.2, 0) is 0 Å². The van der Waals surface area contributed by atoms with Crippen molar-refractivity contribution in [2.75, 3.05) is 0 Å². The first-order chi connectivity index (χ1) is 7.41. The Morgan fingerprint density at radius 1 is 0.733 bits per heavy atom. The smallest absolute Gasteiger partial charge is 0.0827 e. The lowest BCUT2D eigenvalue weighted by Crippen LogP contribution is -1.81. The monoisotopic (exact) mass is 214 g/mol. The molecule has 0 radical (unpaired) electrons. The molecule has 0 aromatic rings. The molecule has 0 atom stereocenters. The highest BCUT2D eigenvalue weighted by atomic mass is 19.1. The number of rotatable bonds is 11. The number of unbranched alkanes of at least 4 members (excludes halogenated alkanes) is 10. The molecule has 0 unspecified atom stereocenters. The summed E-state index contributed by atoms with van der Waals surface area (Å²) in [4.78, 5) is 0. The lowest BCUT2D eigenvalue weighted by molar-refractivity contribution is 0.557. The summed E-state index contributed by atoms with van der Waals surface area (Å²) in [6.07, 6.45) is 16.7. The van der Waals surface area contributed by atoms with Crippen LogP contribution in [0.2, 0.25) is 0 Å². The van der Waals surface area contributed by atoms with E-state index < -0.39 is 0 Å². The molecule has 0 saturated heterocycles. The number of hydrogen-bond acceptors (Lipinski definition) is 0. The maximum Gasteiger partial charge on any atom is 0.0827 e. The van der Waals surface area contributed by atoms with Crippen molar-refractivity contribution in [2.45, 2.75) is 77.6 Å². The molecule has 0 fully saturated rings. The minimum Gasteiger partial charge on any atom is -0.216 e. The second-order valence-corrected chi connectivity index (χ2v) is 4.33. The van der Waals surface area contributed by atoms with Gasteiger partial charge in [0.25, 0.3) is 0 Å². The molecule has 0 aliphatic heterocycles. The maximum atomic E-state index is 11.6. The van der Waals surface area contributed by atoms with Gasteiger partial charge in [0.2, 0.25) is 0 Å². The number of hydrogen-bond donors (Lipinski definition) is 0. The highest BCUT2D eigenvalue weighted by Crippen LogP contribution is 2.11. The van der Waals surface area contributed by atoms with Crippen LogP contribution in [0.5, 0.6) is 0 Å². The highest BCUT2D eigenvalue weighted by Gasteiger charge is 1.91. The molecule has 0 aromatic carbocycles. The van der Waals surface area contributed by atoms with Gasteiger partial charge in [-0.25, -0.2) is 4.39 Å². The van der Waals surface area contributed by atoms with Crippen LogP contribution >= 0.6 is 0 Å². The molecule has 90 valence electrons. The van der Waals surface area contributed by atoms with E-state index in [1.165, 1.54) is 57.8 Å². The number of allylic oxidation sites excluding steroid dienone is 1. The highest BCUT2D eigenvalue weighted by molar-refractivity contribution is 4.71. The largest absolute Gasteiger partial charge is 0.216 e. The van der Waals surface area contributed by atoms with E-state index in [0.717, 1.165) is 12.8 Å². The van der Waals surface area contributed by atoms with Crippen LogP contribution in [0.25, 0.3) is 0 Å². The molecule has 0 spiro atoms. The zero-order valence-electron chi connectivity index (χ0n) is 10.3. The van der Waals surface area contributed by atoms with Crippen molar-refractivity contribution in [3.8, 4) is 0 Å². The van der Waals surface area contributed by atoms with E-state index in [0.29, 0.717) is 6.33 Å². The van der Waals surface area contributed by atoms with Crippen molar-refractivity contribution < 1.29 is 4.39 Å². The van der Waals surface area contributed by atoms with Gasteiger partial charge < -0.3 is 0 Å². The first-order valence-electron chi connectivity index (χ1n) is 6.67. The fourth-order valence-electron chi connectivity index (χ4n) is 1.81. The second-order valence-electron chi connectivity index (χ2n) is 4.33. The quantitative estimate of drug-likeness (QED) is 0.382. The van der Waals surface area contributed by atoms with E-state index in [1.807, 2.05) is 0 Å². The average Bonchev–Trinajstić information content (AvgIpc) is 2.26. The zero-order valence-corrected chi connectivity index (χ0v) is 10.3. The summed E-state index contributed by atoms with van der Waals surface area (Å²) in [6, 6.07) is 0. The summed E-state index contributed by atoms with van der Waals surface area (Å²) in [5, 5.41) is 0. The van der Waals surface area contributed by atoms with E-state index in [2.05, 4.69) is 6.92 Å². The number of halogens is 1. The van der Waals surface area contributed by atoms with E-state index in [4.69, 9.17) is 0 Å². The summed E-state index contributed by atoms with van der Waals surface area (Å²) in [6.45, 7) is 2.26. The Labute approximate surface area is 95.0 Å². The van der Waals surface area contributed by atoms with Gasteiger partial charge in [-0.2, -0.15) is 0 Å². The molecule has 1 heteroatoms. The molecule has 0 bridgehead atoms. The molecule has 0 amide bonds. The lowest BCUT2D eigenvalue weighted by atomic mass is 10.1. The molecule has 0 N–H and O–H groups in total. The minimum atomic E-state index is 0.660. The Morgan fingerprint density at radius 3 is 1.67 bits per heavy atom. The molecule has 0 aromatic heterocycles. The maximum absolute atomic E-state index is 11.6. The van der Waals surface area contributed by atoms with Gasteiger partial charge in [-0.05, 0) is 12.8 Å². The van der Waals surface area contributed by atoms with Gasteiger partial charge in [-0.15, -0.1) is 0 Å². The van der Waals surface area contributed by atoms with Crippen molar-refractivity contribution >= 4 is 0 Å². The van der Waals surface area contributed by atoms with E-state index >= 15 is 0 Å². The molecule has 0 rings (SSSR count). The van der Waals surface area contributed by atoms with Crippen LogP contribution in [0.15, 0.2) is 12.4 Å². The molecule has 0 saturated carbocycles. The van der Waals surface area contributed by atoms with Gasteiger partial charge in [0.1, 0.15) is 0 Å². The molecule has 0 aliphatic rings. The minimum absolute atomic E-state index is 0.660. The van der Waals surface area contributed by atoms with Gasteiger partial charge in [-0.3, -0.25) is 0 Å². The molecular formula is C14H27F. The van der Waals surface area contributed by atoms with Gasteiger partial charge in [0.15, 0.2) is 0 Å². The van der Waals surface area contributed by atoms with Gasteiger partial charge in [0, 0.05) is 0 Å². The normalized spacial score (nSPS) is 11.3. The van der Waals surface area contributed by atoms with Crippen LogP contribution in [0.4, 0.5) is 4.39 Å². The fraction of sp³-hybridized carbons (Fsp3) is 0.857. The second kappa shape index (κ2) is 13.7. The third kappa shape index (κ3) is 13.7. The summed E-state index contributed by atoms with van der Waals surface area (Å²) < 4.78 is 11.6. The van der Waals surface area contributed by atoms with Gasteiger partial charge in [-0.1, -0.05) is 70.8 Å². The van der Waals surface area contributed by atoms with Crippen LogP contribution in [0, 0.1) is 0 Å². The Hall–Kier alpha value is -0.330. The third-order valence-corrected chi connectivity index (χ3v) is 2.81. The van der Waals surface area contributed by atoms with Gasteiger partial charge >= 0.3 is 0 Å². The molecule has 0 aliphatic carbocycles. The Morgan fingerprint density at radius 2 is 1.20 bits per heavy atom. The summed E-state index contributed by atoms with van der Waals surface area (Å²) in [5.74, 6) is 0. The van der Waals surface area contributed by atoms with Crippen LogP contribution in [-0.4, -0.2) is 0 Å². The third-order valence-electron chi connectivity index (χ3n) is 2.81. The summed E-state index contributed by atoms with van der Waals surface area (Å²) in [7, 11) is 0. The van der Waals surface area contributed by atoms with Crippen molar-refractivity contribution in [1.29, 1.82) is 0 Å². The van der Waals surface area contributed by atoms with Crippen molar-refractivity contribution in [1.82, 2.24) is 0 Å². The fourth-order valence-corrected chi connectivity index (χ4v) is 1.81. The van der Waals surface area contributed by atoms with Crippen LogP contribution in [0.1, 0.15) is 77.6 Å². The predicted octanol–water partition coefficient (Wildman–Crippen LogP) is 5.78. The molecule has 0 heterocycles. The first-order valence-corrected chi connectivity index (χ1v) is 6.67. The standard InChI is InChI=1S/C14H27F/c1-2-3-4-5-6-7-8-9-10-11-12-13-14-15/h13-14H,2-12H2,1H3/b14-13-. The average molecular weight is 214 g/mol. The first kappa shape index (κ1) is 14.7. The topological polar surface area (TPSA) is 0 Å². The molecule has 0 nitrogen and oxygen atoms in total. The lowest BCUT2D eigenvalue weighted by Gasteiger charge is -2.00. The Kier molecular flexibility index (Phi) is 13.4. The van der Waals surface area contributed by atoms with Gasteiger partial charge in [0.05, 0.1) is 6.33 Å². The van der Waals surface area contributed by atoms with Crippen LogP contribution in [0.3, 0.4) is 0 Å².